The zero-order valence-corrected chi connectivity index (χ0v) is 16.7. The molecule has 3 aromatic heterocycles. The van der Waals surface area contributed by atoms with E-state index in [-0.39, 0.29) is 17.7 Å². The van der Waals surface area contributed by atoms with Gasteiger partial charge in [0, 0.05) is 47.9 Å². The largest absolute Gasteiger partial charge is 0.309 e. The fraction of sp³-hybridized carbons (Fsp3) is 0.391. The van der Waals surface area contributed by atoms with Crippen LogP contribution in [0.4, 0.5) is 5.69 Å². The first-order chi connectivity index (χ1) is 14.1. The van der Waals surface area contributed by atoms with Crippen molar-refractivity contribution < 1.29 is 4.79 Å². The molecular weight excluding hydrogens is 362 g/mol. The Kier molecular flexibility index (Phi) is 3.95. The minimum atomic E-state index is -0.881. The first-order valence-electron chi connectivity index (χ1n) is 10.2. The van der Waals surface area contributed by atoms with Crippen LogP contribution in [-0.4, -0.2) is 27.0 Å². The van der Waals surface area contributed by atoms with Gasteiger partial charge in [0.2, 0.25) is 5.91 Å². The number of pyridine rings is 1. The molecule has 6 nitrogen and oxygen atoms in total. The highest BCUT2D eigenvalue weighted by molar-refractivity contribution is 6.05. The molecule has 0 unspecified atom stereocenters. The zero-order valence-electron chi connectivity index (χ0n) is 16.7. The fourth-order valence-corrected chi connectivity index (χ4v) is 4.87. The fourth-order valence-electron chi connectivity index (χ4n) is 4.87. The summed E-state index contributed by atoms with van der Waals surface area (Å²) in [5.41, 5.74) is 3.96. The molecule has 0 bridgehead atoms. The summed E-state index contributed by atoms with van der Waals surface area (Å²) >= 11 is 0. The smallest absolute Gasteiger partial charge is 0.248 e. The van der Waals surface area contributed by atoms with Gasteiger partial charge in [0.25, 0.3) is 0 Å². The van der Waals surface area contributed by atoms with E-state index >= 15 is 0 Å². The quantitative estimate of drug-likeness (QED) is 0.683. The maximum absolute atomic E-state index is 13.4. The molecule has 2 aliphatic rings. The van der Waals surface area contributed by atoms with Gasteiger partial charge in [-0.2, -0.15) is 10.4 Å². The van der Waals surface area contributed by atoms with Gasteiger partial charge >= 0.3 is 0 Å². The van der Waals surface area contributed by atoms with Crippen molar-refractivity contribution in [3.05, 3.63) is 48.5 Å². The highest BCUT2D eigenvalue weighted by atomic mass is 16.2. The lowest BCUT2D eigenvalue weighted by atomic mass is 9.75. The van der Waals surface area contributed by atoms with Crippen LogP contribution in [0.3, 0.4) is 0 Å². The van der Waals surface area contributed by atoms with Crippen LogP contribution in [0.25, 0.3) is 16.6 Å². The Hall–Kier alpha value is -3.20. The molecule has 0 N–H and O–H groups in total. The summed E-state index contributed by atoms with van der Waals surface area (Å²) in [5.74, 6) is 0.157. The van der Waals surface area contributed by atoms with Gasteiger partial charge in [0.05, 0.1) is 17.3 Å². The van der Waals surface area contributed by atoms with Crippen molar-refractivity contribution in [3.8, 4) is 17.2 Å². The van der Waals surface area contributed by atoms with Gasteiger partial charge < -0.3 is 4.90 Å². The summed E-state index contributed by atoms with van der Waals surface area (Å²) in [6.07, 6.45) is 8.30. The van der Waals surface area contributed by atoms with E-state index in [1.807, 2.05) is 36.0 Å². The summed E-state index contributed by atoms with van der Waals surface area (Å²) in [6, 6.07) is 10.4. The molecule has 1 amide bonds. The van der Waals surface area contributed by atoms with Crippen LogP contribution in [0, 0.1) is 28.6 Å². The highest BCUT2D eigenvalue weighted by Crippen LogP contribution is 2.54. The molecule has 0 radical (unpaired) electrons. The van der Waals surface area contributed by atoms with Gasteiger partial charge in [-0.05, 0) is 43.4 Å². The van der Waals surface area contributed by atoms with Crippen LogP contribution in [0.2, 0.25) is 0 Å². The van der Waals surface area contributed by atoms with E-state index < -0.39 is 5.41 Å². The Morgan fingerprint density at radius 1 is 1.31 bits per heavy atom. The second kappa shape index (κ2) is 6.41. The second-order valence-corrected chi connectivity index (χ2v) is 8.20. The van der Waals surface area contributed by atoms with Gasteiger partial charge in [-0.3, -0.25) is 9.78 Å². The van der Waals surface area contributed by atoms with E-state index in [0.717, 1.165) is 47.3 Å². The van der Waals surface area contributed by atoms with E-state index in [2.05, 4.69) is 35.2 Å². The third-order valence-corrected chi connectivity index (χ3v) is 6.55. The van der Waals surface area contributed by atoms with E-state index in [0.29, 0.717) is 6.54 Å². The standard InChI is InChI=1S/C23H23N5O/c1-3-19-18(5-4-9-25-19)16-11-21-20(8-10-26-28(21)13-16)27-12-15(2)23(14-24,22(27)29)17-6-7-17/h4-5,8-11,13,15,17H,3,6-7,12H2,1-2H3/t15-,23+/m1/s1. The molecule has 3 aromatic rings. The Labute approximate surface area is 169 Å². The normalized spacial score (nSPS) is 24.2. The Morgan fingerprint density at radius 3 is 2.86 bits per heavy atom. The van der Waals surface area contributed by atoms with Crippen molar-refractivity contribution in [1.82, 2.24) is 14.6 Å². The first kappa shape index (κ1) is 17.9. The molecule has 4 heterocycles. The average Bonchev–Trinajstić information content (AvgIpc) is 3.44. The van der Waals surface area contributed by atoms with Gasteiger partial charge in [0.15, 0.2) is 0 Å². The SMILES string of the molecule is CCc1ncccc1-c1cc2c(N3C[C@@H](C)[C@@](C#N)(C4CC4)C3=O)ccnn2c1. The van der Waals surface area contributed by atoms with Crippen LogP contribution in [-0.2, 0) is 11.2 Å². The average molecular weight is 385 g/mol. The van der Waals surface area contributed by atoms with E-state index in [1.165, 1.54) is 0 Å². The number of anilines is 1. The third-order valence-electron chi connectivity index (χ3n) is 6.55. The topological polar surface area (TPSA) is 74.3 Å². The van der Waals surface area contributed by atoms with Gasteiger partial charge in [-0.15, -0.1) is 0 Å². The van der Waals surface area contributed by atoms with Crippen LogP contribution in [0.15, 0.2) is 42.9 Å². The number of rotatable bonds is 4. The molecule has 0 spiro atoms. The molecule has 1 saturated heterocycles. The van der Waals surface area contributed by atoms with Crippen molar-refractivity contribution in [2.75, 3.05) is 11.4 Å². The minimum absolute atomic E-state index is 0.0140. The van der Waals surface area contributed by atoms with Crippen LogP contribution < -0.4 is 4.90 Å². The van der Waals surface area contributed by atoms with Crippen LogP contribution in [0.5, 0.6) is 0 Å². The van der Waals surface area contributed by atoms with Crippen molar-refractivity contribution in [2.45, 2.75) is 33.1 Å². The van der Waals surface area contributed by atoms with Gasteiger partial charge in [-0.1, -0.05) is 19.9 Å². The number of carbonyl (C=O) groups excluding carboxylic acids is 1. The maximum Gasteiger partial charge on any atom is 0.248 e. The van der Waals surface area contributed by atoms with E-state index in [9.17, 15) is 10.1 Å². The number of fused-ring (bicyclic) bond motifs is 1. The molecule has 1 aliphatic carbocycles. The Morgan fingerprint density at radius 2 is 2.14 bits per heavy atom. The van der Waals surface area contributed by atoms with Crippen molar-refractivity contribution >= 4 is 17.1 Å². The van der Waals surface area contributed by atoms with Crippen molar-refractivity contribution in [2.24, 2.45) is 17.3 Å². The summed E-state index contributed by atoms with van der Waals surface area (Å²) in [4.78, 5) is 19.7. The predicted octanol–water partition coefficient (Wildman–Crippen LogP) is 3.86. The lowest BCUT2D eigenvalue weighted by Crippen LogP contribution is -2.37. The number of aryl methyl sites for hydroxylation is 1. The molecule has 5 rings (SSSR count). The first-order valence-corrected chi connectivity index (χ1v) is 10.2. The molecule has 29 heavy (non-hydrogen) atoms. The second-order valence-electron chi connectivity index (χ2n) is 8.20. The summed E-state index contributed by atoms with van der Waals surface area (Å²) in [7, 11) is 0. The number of hydrogen-bond acceptors (Lipinski definition) is 4. The number of nitriles is 1. The summed E-state index contributed by atoms with van der Waals surface area (Å²) in [6.45, 7) is 4.69. The van der Waals surface area contributed by atoms with Gasteiger partial charge in [0.1, 0.15) is 5.41 Å². The molecule has 0 aromatic carbocycles. The molecule has 1 aliphatic heterocycles. The summed E-state index contributed by atoms with van der Waals surface area (Å²) in [5, 5.41) is 14.4. The van der Waals surface area contributed by atoms with Gasteiger partial charge in [-0.25, -0.2) is 4.52 Å². The van der Waals surface area contributed by atoms with E-state index in [1.54, 1.807) is 11.1 Å². The van der Waals surface area contributed by atoms with Crippen LogP contribution in [0.1, 0.15) is 32.4 Å². The number of amides is 1. The number of carbonyl (C=O) groups is 1. The lowest BCUT2D eigenvalue weighted by molar-refractivity contribution is -0.124. The minimum Gasteiger partial charge on any atom is -0.309 e. The molecule has 146 valence electrons. The summed E-state index contributed by atoms with van der Waals surface area (Å²) < 4.78 is 1.82. The zero-order chi connectivity index (χ0) is 20.2. The maximum atomic E-state index is 13.4. The molecule has 1 saturated carbocycles. The third kappa shape index (κ3) is 2.50. The number of aromatic nitrogens is 3. The van der Waals surface area contributed by atoms with E-state index in [4.69, 9.17) is 0 Å². The predicted molar refractivity (Wildman–Crippen MR) is 110 cm³/mol. The van der Waals surface area contributed by atoms with Crippen molar-refractivity contribution in [3.63, 3.8) is 0 Å². The monoisotopic (exact) mass is 385 g/mol. The van der Waals surface area contributed by atoms with Crippen LogP contribution >= 0.6 is 0 Å². The Bertz CT molecular complexity index is 1160. The molecular formula is C23H23N5O. The number of nitrogens with zero attached hydrogens (tertiary/aromatic N) is 5. The molecule has 6 heteroatoms. The number of hydrogen-bond donors (Lipinski definition) is 0. The lowest BCUT2D eigenvalue weighted by Gasteiger charge is -2.23. The Balaban J connectivity index is 1.61. The molecule has 2 fully saturated rings. The van der Waals surface area contributed by atoms with Crippen molar-refractivity contribution in [1.29, 1.82) is 5.26 Å². The highest BCUT2D eigenvalue weighted by Gasteiger charge is 2.61. The molecule has 2 atom stereocenters.